The zero-order chi connectivity index (χ0) is 14.5. The molecule has 0 aromatic carbocycles. The number of rotatable bonds is 6. The molecular formula is C15H28N2O3. The van der Waals surface area contributed by atoms with Gasteiger partial charge in [-0.25, -0.2) is 0 Å². The van der Waals surface area contributed by atoms with E-state index in [2.05, 4.69) is 17.3 Å². The van der Waals surface area contributed by atoms with Crippen LogP contribution in [0.15, 0.2) is 0 Å². The van der Waals surface area contributed by atoms with E-state index in [9.17, 15) is 9.90 Å². The van der Waals surface area contributed by atoms with Crippen molar-refractivity contribution in [3.8, 4) is 0 Å². The summed E-state index contributed by atoms with van der Waals surface area (Å²) in [5.74, 6) is -0.318. The van der Waals surface area contributed by atoms with Gasteiger partial charge in [0, 0.05) is 24.7 Å². The van der Waals surface area contributed by atoms with Gasteiger partial charge in [-0.3, -0.25) is 4.79 Å². The van der Waals surface area contributed by atoms with E-state index in [4.69, 9.17) is 4.74 Å². The zero-order valence-corrected chi connectivity index (χ0v) is 12.7. The molecule has 2 rings (SSSR count). The molecule has 0 spiro atoms. The van der Waals surface area contributed by atoms with Crippen molar-refractivity contribution in [3.05, 3.63) is 0 Å². The molecule has 5 heteroatoms. The third-order valence-corrected chi connectivity index (χ3v) is 4.69. The Balaban J connectivity index is 1.70. The van der Waals surface area contributed by atoms with Crippen molar-refractivity contribution >= 4 is 5.97 Å². The number of fused-ring (bicyclic) bond motifs is 2. The number of hydrogen-bond donors (Lipinski definition) is 2. The highest BCUT2D eigenvalue weighted by Crippen LogP contribution is 2.32. The average Bonchev–Trinajstić information content (AvgIpc) is 2.37. The van der Waals surface area contributed by atoms with Gasteiger partial charge >= 0.3 is 5.97 Å². The van der Waals surface area contributed by atoms with Crippen LogP contribution in [0.4, 0.5) is 0 Å². The molecule has 20 heavy (non-hydrogen) atoms. The molecule has 2 saturated heterocycles. The van der Waals surface area contributed by atoms with Gasteiger partial charge in [0.1, 0.15) is 0 Å². The molecule has 3 unspecified atom stereocenters. The highest BCUT2D eigenvalue weighted by molar-refractivity contribution is 5.69. The van der Waals surface area contributed by atoms with Gasteiger partial charge in [-0.1, -0.05) is 6.42 Å². The lowest BCUT2D eigenvalue weighted by atomic mass is 9.82. The van der Waals surface area contributed by atoms with Crippen LogP contribution in [0.3, 0.4) is 0 Å². The summed E-state index contributed by atoms with van der Waals surface area (Å²) < 4.78 is 4.85. The number of piperidine rings is 2. The summed E-state index contributed by atoms with van der Waals surface area (Å²) in [4.78, 5) is 13.8. The lowest BCUT2D eigenvalue weighted by Crippen LogP contribution is -2.55. The predicted octanol–water partition coefficient (Wildman–Crippen LogP) is 0.905. The van der Waals surface area contributed by atoms with E-state index < -0.39 is 6.10 Å². The van der Waals surface area contributed by atoms with E-state index in [1.54, 1.807) is 6.92 Å². The molecule has 2 aliphatic rings. The smallest absolute Gasteiger partial charge is 0.308 e. The maximum atomic E-state index is 11.3. The van der Waals surface area contributed by atoms with Gasteiger partial charge in [-0.2, -0.15) is 0 Å². The maximum absolute atomic E-state index is 11.3. The predicted molar refractivity (Wildman–Crippen MR) is 77.5 cm³/mol. The lowest BCUT2D eigenvalue weighted by Gasteiger charge is -2.47. The molecule has 0 aromatic rings. The number of carbonyl (C=O) groups excluding carboxylic acids is 1. The number of nitrogens with zero attached hydrogens (tertiary/aromatic N) is 1. The van der Waals surface area contributed by atoms with E-state index in [1.807, 2.05) is 0 Å². The molecule has 2 bridgehead atoms. The van der Waals surface area contributed by atoms with Gasteiger partial charge in [-0.05, 0) is 39.7 Å². The van der Waals surface area contributed by atoms with Gasteiger partial charge in [0.2, 0.25) is 0 Å². The van der Waals surface area contributed by atoms with Crippen molar-refractivity contribution in [2.75, 3.05) is 20.2 Å². The number of aliphatic hydroxyl groups excluding tert-OH is 1. The molecular weight excluding hydrogens is 256 g/mol. The Kier molecular flexibility index (Phi) is 5.81. The van der Waals surface area contributed by atoms with Crippen LogP contribution in [0, 0.1) is 0 Å². The molecule has 3 atom stereocenters. The first kappa shape index (κ1) is 15.7. The van der Waals surface area contributed by atoms with Gasteiger partial charge in [0.15, 0.2) is 0 Å². The summed E-state index contributed by atoms with van der Waals surface area (Å²) in [5.41, 5.74) is 0. The van der Waals surface area contributed by atoms with Crippen LogP contribution in [-0.4, -0.2) is 60.4 Å². The molecule has 5 nitrogen and oxygen atoms in total. The Labute approximate surface area is 121 Å². The highest BCUT2D eigenvalue weighted by Gasteiger charge is 2.35. The van der Waals surface area contributed by atoms with E-state index >= 15 is 0 Å². The van der Waals surface area contributed by atoms with Crippen molar-refractivity contribution in [1.82, 2.24) is 10.2 Å². The van der Waals surface area contributed by atoms with Crippen molar-refractivity contribution < 1.29 is 14.6 Å². The number of ether oxygens (including phenoxy) is 1. The summed E-state index contributed by atoms with van der Waals surface area (Å²) in [6.07, 6.45) is 5.66. The topological polar surface area (TPSA) is 61.8 Å². The van der Waals surface area contributed by atoms with Crippen LogP contribution in [-0.2, 0) is 9.53 Å². The lowest BCUT2D eigenvalue weighted by molar-refractivity contribution is -0.145. The molecule has 0 amide bonds. The zero-order valence-electron chi connectivity index (χ0n) is 12.7. The largest absolute Gasteiger partial charge is 0.466 e. The van der Waals surface area contributed by atoms with E-state index in [-0.39, 0.29) is 12.4 Å². The molecule has 2 heterocycles. The van der Waals surface area contributed by atoms with Gasteiger partial charge in [0.25, 0.3) is 0 Å². The standard InChI is InChI=1S/C15H28N2O3/c1-3-20-15(19)9-14(18)10-16-11-7-12-5-4-6-13(8-11)17(12)2/h11-14,16,18H,3-10H2,1-2H3. The van der Waals surface area contributed by atoms with Crippen molar-refractivity contribution in [2.45, 2.75) is 69.7 Å². The van der Waals surface area contributed by atoms with Gasteiger partial charge in [-0.15, -0.1) is 0 Å². The average molecular weight is 284 g/mol. The Hall–Kier alpha value is -0.650. The molecule has 2 N–H and O–H groups in total. The molecule has 2 aliphatic heterocycles. The van der Waals surface area contributed by atoms with Gasteiger partial charge < -0.3 is 20.1 Å². The summed E-state index contributed by atoms with van der Waals surface area (Å²) in [5, 5.41) is 13.3. The first-order valence-corrected chi connectivity index (χ1v) is 7.89. The van der Waals surface area contributed by atoms with Crippen molar-refractivity contribution in [3.63, 3.8) is 0 Å². The molecule has 116 valence electrons. The van der Waals surface area contributed by atoms with Crippen molar-refractivity contribution in [1.29, 1.82) is 0 Å². The number of aliphatic hydroxyl groups is 1. The SMILES string of the molecule is CCOC(=O)CC(O)CNC1CC2CCCC(C1)N2C. The maximum Gasteiger partial charge on any atom is 0.308 e. The summed E-state index contributed by atoms with van der Waals surface area (Å²) in [6.45, 7) is 2.63. The van der Waals surface area contributed by atoms with Crippen LogP contribution >= 0.6 is 0 Å². The minimum atomic E-state index is -0.645. The number of nitrogens with one attached hydrogen (secondary N) is 1. The van der Waals surface area contributed by atoms with Crippen LogP contribution in [0.5, 0.6) is 0 Å². The normalized spacial score (nSPS) is 31.9. The van der Waals surface area contributed by atoms with Crippen LogP contribution in [0.25, 0.3) is 0 Å². The summed E-state index contributed by atoms with van der Waals surface area (Å²) in [7, 11) is 2.24. The number of esters is 1. The summed E-state index contributed by atoms with van der Waals surface area (Å²) >= 11 is 0. The van der Waals surface area contributed by atoms with Crippen molar-refractivity contribution in [2.24, 2.45) is 0 Å². The Morgan fingerprint density at radius 2 is 2.05 bits per heavy atom. The quantitative estimate of drug-likeness (QED) is 0.710. The molecule has 2 fully saturated rings. The second-order valence-corrected chi connectivity index (χ2v) is 6.14. The fraction of sp³-hybridized carbons (Fsp3) is 0.933. The first-order chi connectivity index (χ1) is 9.60. The van der Waals surface area contributed by atoms with Crippen LogP contribution < -0.4 is 5.32 Å². The fourth-order valence-electron chi connectivity index (χ4n) is 3.57. The monoisotopic (exact) mass is 284 g/mol. The number of hydrogen-bond acceptors (Lipinski definition) is 5. The number of carbonyl (C=O) groups is 1. The Bertz CT molecular complexity index is 310. The summed E-state index contributed by atoms with van der Waals surface area (Å²) in [6, 6.07) is 1.84. The Morgan fingerprint density at radius 3 is 2.65 bits per heavy atom. The second kappa shape index (κ2) is 7.38. The van der Waals surface area contributed by atoms with E-state index in [0.29, 0.717) is 31.3 Å². The van der Waals surface area contributed by atoms with E-state index in [1.165, 1.54) is 19.3 Å². The minimum absolute atomic E-state index is 0.0837. The molecule has 0 radical (unpaired) electrons. The fourth-order valence-corrected chi connectivity index (χ4v) is 3.57. The molecule has 0 aliphatic carbocycles. The third kappa shape index (κ3) is 4.17. The minimum Gasteiger partial charge on any atom is -0.466 e. The van der Waals surface area contributed by atoms with E-state index in [0.717, 1.165) is 12.8 Å². The second-order valence-electron chi connectivity index (χ2n) is 6.14. The van der Waals surface area contributed by atoms with Crippen LogP contribution in [0.2, 0.25) is 0 Å². The Morgan fingerprint density at radius 1 is 1.40 bits per heavy atom. The highest BCUT2D eigenvalue weighted by atomic mass is 16.5. The van der Waals surface area contributed by atoms with Crippen LogP contribution in [0.1, 0.15) is 45.4 Å². The first-order valence-electron chi connectivity index (χ1n) is 7.89. The molecule has 0 saturated carbocycles. The third-order valence-electron chi connectivity index (χ3n) is 4.69. The van der Waals surface area contributed by atoms with Gasteiger partial charge in [0.05, 0.1) is 19.1 Å². The molecule has 0 aromatic heterocycles.